The highest BCUT2D eigenvalue weighted by Gasteiger charge is 2.20. The molecule has 1 amide bonds. The second-order valence-corrected chi connectivity index (χ2v) is 7.45. The van der Waals surface area contributed by atoms with Crippen LogP contribution in [0.4, 0.5) is 5.82 Å². The Morgan fingerprint density at radius 1 is 1.33 bits per heavy atom. The maximum Gasteiger partial charge on any atom is 0.325 e. The van der Waals surface area contributed by atoms with E-state index >= 15 is 0 Å². The molecule has 0 fully saturated rings. The first-order chi connectivity index (χ1) is 11.6. The number of fused-ring (bicyclic) bond motifs is 3. The molecule has 7 nitrogen and oxygen atoms in total. The van der Waals surface area contributed by atoms with E-state index < -0.39 is 5.97 Å². The average Bonchev–Trinajstić information content (AvgIpc) is 2.96. The standard InChI is InChI=1S/C15H18N4O3S2/c1-22-11(21)6-17-10(20)7-23-15-18-13(16)12-8-4-2-3-5-9(8)24-14(12)19-15/h2-7H2,1H3,(H,17,20)(H2,16,18,19). The van der Waals surface area contributed by atoms with Gasteiger partial charge in [-0.25, -0.2) is 9.97 Å². The van der Waals surface area contributed by atoms with E-state index in [1.165, 1.54) is 42.2 Å². The van der Waals surface area contributed by atoms with Crippen LogP contribution in [-0.2, 0) is 27.2 Å². The van der Waals surface area contributed by atoms with Crippen LogP contribution in [0.2, 0.25) is 0 Å². The molecule has 0 bridgehead atoms. The van der Waals surface area contributed by atoms with Gasteiger partial charge in [0.1, 0.15) is 17.2 Å². The smallest absolute Gasteiger partial charge is 0.325 e. The lowest BCUT2D eigenvalue weighted by atomic mass is 9.97. The number of anilines is 1. The number of carbonyl (C=O) groups excluding carboxylic acids is 2. The molecule has 9 heteroatoms. The summed E-state index contributed by atoms with van der Waals surface area (Å²) in [4.78, 5) is 33.8. The lowest BCUT2D eigenvalue weighted by molar-refractivity contribution is -0.140. The van der Waals surface area contributed by atoms with Gasteiger partial charge in [-0.1, -0.05) is 11.8 Å². The van der Waals surface area contributed by atoms with Crippen LogP contribution in [0.15, 0.2) is 5.16 Å². The Hall–Kier alpha value is -1.87. The van der Waals surface area contributed by atoms with Crippen molar-refractivity contribution in [2.45, 2.75) is 30.8 Å². The fourth-order valence-electron chi connectivity index (χ4n) is 2.65. The van der Waals surface area contributed by atoms with Gasteiger partial charge in [0.2, 0.25) is 5.91 Å². The highest BCUT2D eigenvalue weighted by molar-refractivity contribution is 7.99. The number of ether oxygens (including phenoxy) is 1. The van der Waals surface area contributed by atoms with E-state index in [1.54, 1.807) is 11.3 Å². The Morgan fingerprint density at radius 2 is 2.12 bits per heavy atom. The van der Waals surface area contributed by atoms with Crippen LogP contribution in [-0.4, -0.2) is 41.3 Å². The van der Waals surface area contributed by atoms with E-state index in [2.05, 4.69) is 20.0 Å². The number of hydrogen-bond donors (Lipinski definition) is 2. The maximum absolute atomic E-state index is 11.7. The highest BCUT2D eigenvalue weighted by atomic mass is 32.2. The molecule has 2 aromatic heterocycles. The van der Waals surface area contributed by atoms with Gasteiger partial charge in [0.25, 0.3) is 0 Å². The molecular weight excluding hydrogens is 348 g/mol. The molecule has 0 spiro atoms. The fraction of sp³-hybridized carbons (Fsp3) is 0.467. The second-order valence-electron chi connectivity index (χ2n) is 5.42. The lowest BCUT2D eigenvalue weighted by Gasteiger charge is -2.10. The number of aromatic nitrogens is 2. The molecule has 2 aromatic rings. The van der Waals surface area contributed by atoms with Crippen LogP contribution < -0.4 is 11.1 Å². The Bertz CT molecular complexity index is 791. The van der Waals surface area contributed by atoms with E-state index in [0.717, 1.165) is 23.1 Å². The third-order valence-electron chi connectivity index (χ3n) is 3.81. The van der Waals surface area contributed by atoms with Gasteiger partial charge in [0.05, 0.1) is 18.2 Å². The van der Waals surface area contributed by atoms with Crippen molar-refractivity contribution in [2.24, 2.45) is 0 Å². The van der Waals surface area contributed by atoms with Crippen LogP contribution >= 0.6 is 23.1 Å². The van der Waals surface area contributed by atoms with Crippen LogP contribution in [0.25, 0.3) is 10.2 Å². The number of nitrogens with zero attached hydrogens (tertiary/aromatic N) is 2. The summed E-state index contributed by atoms with van der Waals surface area (Å²) in [6, 6.07) is 0. The molecule has 0 unspecified atom stereocenters. The van der Waals surface area contributed by atoms with Crippen LogP contribution in [0.5, 0.6) is 0 Å². The minimum absolute atomic E-state index is 0.118. The summed E-state index contributed by atoms with van der Waals surface area (Å²) in [5.74, 6) is -0.165. The summed E-state index contributed by atoms with van der Waals surface area (Å²) in [6.07, 6.45) is 4.49. The van der Waals surface area contributed by atoms with E-state index in [-0.39, 0.29) is 18.2 Å². The van der Waals surface area contributed by atoms with Gasteiger partial charge in [0, 0.05) is 4.88 Å². The monoisotopic (exact) mass is 366 g/mol. The van der Waals surface area contributed by atoms with Gasteiger partial charge >= 0.3 is 5.97 Å². The first kappa shape index (κ1) is 17.0. The summed E-state index contributed by atoms with van der Waals surface area (Å²) in [5.41, 5.74) is 7.43. The summed E-state index contributed by atoms with van der Waals surface area (Å²) in [5, 5.41) is 3.94. The van der Waals surface area contributed by atoms with Crippen molar-refractivity contribution in [3.63, 3.8) is 0 Å². The Morgan fingerprint density at radius 3 is 2.92 bits per heavy atom. The van der Waals surface area contributed by atoms with Crippen LogP contribution in [0.1, 0.15) is 23.3 Å². The minimum Gasteiger partial charge on any atom is -0.468 e. The van der Waals surface area contributed by atoms with Crippen molar-refractivity contribution in [1.29, 1.82) is 0 Å². The number of carbonyl (C=O) groups is 2. The molecular formula is C15H18N4O3S2. The van der Waals surface area contributed by atoms with Gasteiger partial charge in [-0.2, -0.15) is 0 Å². The zero-order chi connectivity index (χ0) is 17.1. The molecule has 0 radical (unpaired) electrons. The zero-order valence-electron chi connectivity index (χ0n) is 13.3. The van der Waals surface area contributed by atoms with Gasteiger partial charge in [0.15, 0.2) is 5.16 Å². The number of hydrogen-bond acceptors (Lipinski definition) is 8. The third kappa shape index (κ3) is 3.62. The number of nitrogen functional groups attached to an aromatic ring is 1. The first-order valence-electron chi connectivity index (χ1n) is 7.62. The number of nitrogens with two attached hydrogens (primary N) is 1. The predicted molar refractivity (Wildman–Crippen MR) is 94.2 cm³/mol. The van der Waals surface area contributed by atoms with Crippen molar-refractivity contribution in [2.75, 3.05) is 25.1 Å². The van der Waals surface area contributed by atoms with E-state index in [4.69, 9.17) is 5.73 Å². The maximum atomic E-state index is 11.7. The second kappa shape index (κ2) is 7.35. The first-order valence-corrected chi connectivity index (χ1v) is 9.42. The molecule has 2 heterocycles. The van der Waals surface area contributed by atoms with Crippen LogP contribution in [0, 0.1) is 0 Å². The number of nitrogens with one attached hydrogen (secondary N) is 1. The number of aryl methyl sites for hydroxylation is 2. The fourth-order valence-corrected chi connectivity index (χ4v) is 4.66. The largest absolute Gasteiger partial charge is 0.468 e. The molecule has 0 saturated heterocycles. The topological polar surface area (TPSA) is 107 Å². The van der Waals surface area contributed by atoms with Gasteiger partial charge < -0.3 is 15.8 Å². The Labute approximate surface area is 147 Å². The van der Waals surface area contributed by atoms with Crippen molar-refractivity contribution in [3.05, 3.63) is 10.4 Å². The van der Waals surface area contributed by atoms with Crippen molar-refractivity contribution < 1.29 is 14.3 Å². The van der Waals surface area contributed by atoms with Gasteiger partial charge in [-0.05, 0) is 31.2 Å². The quantitative estimate of drug-likeness (QED) is 0.469. The summed E-state index contributed by atoms with van der Waals surface area (Å²) in [7, 11) is 1.27. The highest BCUT2D eigenvalue weighted by Crippen LogP contribution is 2.38. The normalized spacial score (nSPS) is 13.5. The number of thiophene rings is 1. The van der Waals surface area contributed by atoms with E-state index in [9.17, 15) is 9.59 Å². The SMILES string of the molecule is COC(=O)CNC(=O)CSc1nc(N)c2c3c(sc2n1)CCCC3. The van der Waals surface area contributed by atoms with Gasteiger partial charge in [-0.3, -0.25) is 9.59 Å². The number of esters is 1. The summed E-state index contributed by atoms with van der Waals surface area (Å²) >= 11 is 2.88. The summed E-state index contributed by atoms with van der Waals surface area (Å²) < 4.78 is 4.47. The van der Waals surface area contributed by atoms with Crippen molar-refractivity contribution >= 4 is 51.0 Å². The molecule has 3 N–H and O–H groups in total. The number of amides is 1. The zero-order valence-corrected chi connectivity index (χ0v) is 14.9. The molecule has 3 rings (SSSR count). The minimum atomic E-state index is -0.487. The summed E-state index contributed by atoms with van der Waals surface area (Å²) in [6.45, 7) is -0.143. The Balaban J connectivity index is 1.69. The molecule has 24 heavy (non-hydrogen) atoms. The number of thioether (sulfide) groups is 1. The van der Waals surface area contributed by atoms with Crippen LogP contribution in [0.3, 0.4) is 0 Å². The molecule has 128 valence electrons. The molecule has 0 atom stereocenters. The number of rotatable bonds is 5. The van der Waals surface area contributed by atoms with Gasteiger partial charge in [-0.15, -0.1) is 11.3 Å². The molecule has 0 aliphatic heterocycles. The molecule has 0 aromatic carbocycles. The van der Waals surface area contributed by atoms with Crippen molar-refractivity contribution in [1.82, 2.24) is 15.3 Å². The lowest BCUT2D eigenvalue weighted by Crippen LogP contribution is -2.31. The average molecular weight is 366 g/mol. The molecule has 0 saturated carbocycles. The predicted octanol–water partition coefficient (Wildman–Crippen LogP) is 1.53. The van der Waals surface area contributed by atoms with E-state index in [0.29, 0.717) is 11.0 Å². The Kier molecular flexibility index (Phi) is 5.20. The molecule has 1 aliphatic carbocycles. The van der Waals surface area contributed by atoms with Crippen molar-refractivity contribution in [3.8, 4) is 0 Å². The number of methoxy groups -OCH3 is 1. The molecule has 1 aliphatic rings. The van der Waals surface area contributed by atoms with E-state index in [1.807, 2.05) is 0 Å². The third-order valence-corrected chi connectivity index (χ3v) is 5.85.